The van der Waals surface area contributed by atoms with Crippen LogP contribution in [0.1, 0.15) is 5.69 Å². The van der Waals surface area contributed by atoms with Crippen LogP contribution in [0, 0.1) is 11.3 Å². The summed E-state index contributed by atoms with van der Waals surface area (Å²) >= 11 is 11.5. The average Bonchev–Trinajstić information content (AvgIpc) is 2.40. The van der Waals surface area contributed by atoms with Crippen molar-refractivity contribution in [2.24, 2.45) is 0 Å². The minimum atomic E-state index is 0.199. The second-order valence-electron chi connectivity index (χ2n) is 2.44. The molecule has 0 saturated heterocycles. The van der Waals surface area contributed by atoms with Crippen molar-refractivity contribution in [3.63, 3.8) is 0 Å². The van der Waals surface area contributed by atoms with Crippen molar-refractivity contribution >= 4 is 28.8 Å². The van der Waals surface area contributed by atoms with Crippen LogP contribution in [0.4, 0.5) is 0 Å². The monoisotopic (exact) mass is 211 g/mol. The van der Waals surface area contributed by atoms with Crippen molar-refractivity contribution < 1.29 is 0 Å². The Hall–Kier alpha value is -1.24. The molecule has 5 heteroatoms. The van der Waals surface area contributed by atoms with Crippen LogP contribution in [0.3, 0.4) is 0 Å². The molecule has 2 aromatic rings. The van der Waals surface area contributed by atoms with E-state index in [1.165, 1.54) is 0 Å². The van der Waals surface area contributed by atoms with Crippen molar-refractivity contribution in [2.75, 3.05) is 0 Å². The Labute approximate surface area is 84.1 Å². The van der Waals surface area contributed by atoms with Gasteiger partial charge in [-0.25, -0.2) is 4.98 Å². The lowest BCUT2D eigenvalue weighted by Gasteiger charge is -1.93. The van der Waals surface area contributed by atoms with Gasteiger partial charge in [-0.2, -0.15) is 5.26 Å². The predicted octanol–water partition coefficient (Wildman–Crippen LogP) is 2.51. The highest BCUT2D eigenvalue weighted by Crippen LogP contribution is 2.18. The molecule has 2 heterocycles. The highest BCUT2D eigenvalue weighted by molar-refractivity contribution is 6.31. The van der Waals surface area contributed by atoms with E-state index in [1.54, 1.807) is 22.7 Å². The van der Waals surface area contributed by atoms with Crippen LogP contribution in [0.2, 0.25) is 10.2 Å². The van der Waals surface area contributed by atoms with Crippen molar-refractivity contribution in [1.29, 1.82) is 5.26 Å². The van der Waals surface area contributed by atoms with Crippen molar-refractivity contribution in [2.45, 2.75) is 0 Å². The molecule has 0 aliphatic heterocycles. The van der Waals surface area contributed by atoms with Gasteiger partial charge in [0.05, 0.1) is 5.02 Å². The number of halogens is 2. The molecule has 0 fully saturated rings. The molecule has 2 aromatic heterocycles. The van der Waals surface area contributed by atoms with E-state index in [2.05, 4.69) is 4.98 Å². The average molecular weight is 212 g/mol. The number of rotatable bonds is 0. The minimum absolute atomic E-state index is 0.199. The molecule has 0 radical (unpaired) electrons. The number of imidazole rings is 1. The molecule has 2 rings (SSSR count). The van der Waals surface area contributed by atoms with E-state index in [1.807, 2.05) is 6.07 Å². The van der Waals surface area contributed by atoms with Crippen molar-refractivity contribution in [3.8, 4) is 6.07 Å². The van der Waals surface area contributed by atoms with E-state index in [9.17, 15) is 0 Å². The number of nitrogens with zero attached hydrogens (tertiary/aromatic N) is 3. The minimum Gasteiger partial charge on any atom is -0.288 e. The summed E-state index contributed by atoms with van der Waals surface area (Å²) in [5, 5.41) is 9.50. The Balaban J connectivity index is 2.91. The Morgan fingerprint density at radius 2 is 2.15 bits per heavy atom. The van der Waals surface area contributed by atoms with E-state index in [4.69, 9.17) is 28.5 Å². The van der Waals surface area contributed by atoms with Crippen LogP contribution >= 0.6 is 23.2 Å². The molecule has 0 spiro atoms. The van der Waals surface area contributed by atoms with Gasteiger partial charge in [0.1, 0.15) is 11.7 Å². The number of pyridine rings is 1. The van der Waals surface area contributed by atoms with Crippen LogP contribution in [0.15, 0.2) is 18.3 Å². The summed E-state index contributed by atoms with van der Waals surface area (Å²) in [4.78, 5) is 3.97. The predicted molar refractivity (Wildman–Crippen MR) is 49.9 cm³/mol. The number of nitriles is 1. The van der Waals surface area contributed by atoms with E-state index in [0.717, 1.165) is 0 Å². The molecule has 0 bridgehead atoms. The van der Waals surface area contributed by atoms with E-state index in [-0.39, 0.29) is 5.15 Å². The van der Waals surface area contributed by atoms with Crippen LogP contribution in [-0.2, 0) is 0 Å². The standard InChI is InChI=1S/C8H3Cl2N3/c9-5-1-2-7-12-8(10)6(3-11)13(7)4-5/h1-2,4H. The van der Waals surface area contributed by atoms with Gasteiger partial charge in [-0.1, -0.05) is 23.2 Å². The van der Waals surface area contributed by atoms with Crippen molar-refractivity contribution in [1.82, 2.24) is 9.38 Å². The third kappa shape index (κ3) is 1.24. The zero-order valence-corrected chi connectivity index (χ0v) is 7.84. The topological polar surface area (TPSA) is 41.1 Å². The molecule has 0 amide bonds. The second kappa shape index (κ2) is 2.91. The summed E-state index contributed by atoms with van der Waals surface area (Å²) in [7, 11) is 0. The molecular formula is C8H3Cl2N3. The van der Waals surface area contributed by atoms with Gasteiger partial charge >= 0.3 is 0 Å². The maximum absolute atomic E-state index is 8.76. The van der Waals surface area contributed by atoms with Gasteiger partial charge in [-0.3, -0.25) is 4.40 Å². The van der Waals surface area contributed by atoms with E-state index in [0.29, 0.717) is 16.4 Å². The highest BCUT2D eigenvalue weighted by Gasteiger charge is 2.08. The van der Waals surface area contributed by atoms with Crippen molar-refractivity contribution in [3.05, 3.63) is 34.2 Å². The summed E-state index contributed by atoms with van der Waals surface area (Å²) in [6.45, 7) is 0. The fourth-order valence-electron chi connectivity index (χ4n) is 1.09. The normalized spacial score (nSPS) is 10.2. The first-order valence-corrected chi connectivity index (χ1v) is 4.21. The third-order valence-electron chi connectivity index (χ3n) is 1.65. The molecule has 64 valence electrons. The first kappa shape index (κ1) is 8.36. The molecule has 0 N–H and O–H groups in total. The summed E-state index contributed by atoms with van der Waals surface area (Å²) in [6.07, 6.45) is 1.61. The first-order valence-electron chi connectivity index (χ1n) is 3.45. The summed E-state index contributed by atoms with van der Waals surface area (Å²) in [5.41, 5.74) is 0.921. The Kier molecular flexibility index (Phi) is 1.87. The molecule has 0 aromatic carbocycles. The lowest BCUT2D eigenvalue weighted by atomic mass is 10.4. The number of aromatic nitrogens is 2. The second-order valence-corrected chi connectivity index (χ2v) is 3.23. The molecule has 0 aliphatic rings. The molecule has 0 unspecified atom stereocenters. The summed E-state index contributed by atoms with van der Waals surface area (Å²) < 4.78 is 1.56. The van der Waals surface area contributed by atoms with Gasteiger partial charge in [-0.15, -0.1) is 0 Å². The smallest absolute Gasteiger partial charge is 0.166 e. The van der Waals surface area contributed by atoms with Gasteiger partial charge in [0, 0.05) is 6.20 Å². The fourth-order valence-corrected chi connectivity index (χ4v) is 1.47. The van der Waals surface area contributed by atoms with Gasteiger partial charge in [0.2, 0.25) is 0 Å². The number of fused-ring (bicyclic) bond motifs is 1. The molecular weight excluding hydrogens is 209 g/mol. The Morgan fingerprint density at radius 1 is 1.38 bits per heavy atom. The van der Waals surface area contributed by atoms with Crippen LogP contribution in [-0.4, -0.2) is 9.38 Å². The zero-order chi connectivity index (χ0) is 9.42. The third-order valence-corrected chi connectivity index (χ3v) is 2.13. The van der Waals surface area contributed by atoms with Gasteiger partial charge in [-0.05, 0) is 12.1 Å². The fraction of sp³-hybridized carbons (Fsp3) is 0. The van der Waals surface area contributed by atoms with E-state index >= 15 is 0 Å². The zero-order valence-electron chi connectivity index (χ0n) is 6.33. The maximum atomic E-state index is 8.76. The lowest BCUT2D eigenvalue weighted by molar-refractivity contribution is 1.15. The van der Waals surface area contributed by atoms with Gasteiger partial charge in [0.15, 0.2) is 10.8 Å². The number of hydrogen-bond acceptors (Lipinski definition) is 2. The quantitative estimate of drug-likeness (QED) is 0.673. The first-order chi connectivity index (χ1) is 6.22. The lowest BCUT2D eigenvalue weighted by Crippen LogP contribution is -1.86. The summed E-state index contributed by atoms with van der Waals surface area (Å²) in [6, 6.07) is 5.35. The molecule has 13 heavy (non-hydrogen) atoms. The van der Waals surface area contributed by atoms with Gasteiger partial charge < -0.3 is 0 Å². The Morgan fingerprint density at radius 3 is 2.85 bits per heavy atom. The summed E-state index contributed by atoms with van der Waals surface area (Å²) in [5.74, 6) is 0. The van der Waals surface area contributed by atoms with Crippen LogP contribution in [0.25, 0.3) is 5.65 Å². The molecule has 0 aliphatic carbocycles. The maximum Gasteiger partial charge on any atom is 0.166 e. The number of hydrogen-bond donors (Lipinski definition) is 0. The molecule has 0 atom stereocenters. The molecule has 0 saturated carbocycles. The van der Waals surface area contributed by atoms with E-state index < -0.39 is 0 Å². The highest BCUT2D eigenvalue weighted by atomic mass is 35.5. The SMILES string of the molecule is N#Cc1c(Cl)nc2ccc(Cl)cn12. The van der Waals surface area contributed by atoms with Gasteiger partial charge in [0.25, 0.3) is 0 Å². The largest absolute Gasteiger partial charge is 0.288 e. The molecule has 3 nitrogen and oxygen atoms in total. The van der Waals surface area contributed by atoms with Crippen LogP contribution < -0.4 is 0 Å². The van der Waals surface area contributed by atoms with Crippen LogP contribution in [0.5, 0.6) is 0 Å². The Bertz CT molecular complexity index is 510.